The lowest BCUT2D eigenvalue weighted by Gasteiger charge is -2.37. The molecule has 1 heterocycles. The zero-order valence-corrected chi connectivity index (χ0v) is 15.6. The Morgan fingerprint density at radius 3 is 2.35 bits per heavy atom. The summed E-state index contributed by atoms with van der Waals surface area (Å²) in [5.41, 5.74) is 1.52. The minimum atomic E-state index is -1.10. The lowest BCUT2D eigenvalue weighted by Crippen LogP contribution is -2.58. The van der Waals surface area contributed by atoms with E-state index in [1.165, 1.54) is 4.90 Å². The first-order chi connectivity index (χ1) is 12.2. The van der Waals surface area contributed by atoms with E-state index in [9.17, 15) is 19.5 Å². The second-order valence-electron chi connectivity index (χ2n) is 7.08. The van der Waals surface area contributed by atoms with Crippen LogP contribution < -0.4 is 5.32 Å². The summed E-state index contributed by atoms with van der Waals surface area (Å²) in [6.45, 7) is 7.62. The van der Waals surface area contributed by atoms with E-state index in [2.05, 4.69) is 5.32 Å². The molecule has 3 atom stereocenters. The van der Waals surface area contributed by atoms with Crippen molar-refractivity contribution in [1.82, 2.24) is 10.2 Å². The van der Waals surface area contributed by atoms with E-state index in [0.717, 1.165) is 5.56 Å². The van der Waals surface area contributed by atoms with Crippen molar-refractivity contribution in [2.75, 3.05) is 13.1 Å². The van der Waals surface area contributed by atoms with Crippen LogP contribution in [0, 0.1) is 12.8 Å². The van der Waals surface area contributed by atoms with Gasteiger partial charge in [0.15, 0.2) is 6.10 Å². The number of nitrogens with zero attached hydrogens (tertiary/aromatic N) is 1. The van der Waals surface area contributed by atoms with Gasteiger partial charge in [-0.3, -0.25) is 9.59 Å². The molecule has 1 aromatic rings. The molecule has 0 saturated carbocycles. The number of morpholine rings is 1. The van der Waals surface area contributed by atoms with Crippen molar-refractivity contribution in [3.8, 4) is 0 Å². The maximum Gasteiger partial charge on any atom is 0.334 e. The Morgan fingerprint density at radius 2 is 1.81 bits per heavy atom. The van der Waals surface area contributed by atoms with Crippen LogP contribution >= 0.6 is 0 Å². The van der Waals surface area contributed by atoms with Crippen molar-refractivity contribution in [3.63, 3.8) is 0 Å². The number of aryl methyl sites for hydroxylation is 1. The van der Waals surface area contributed by atoms with Crippen molar-refractivity contribution < 1.29 is 24.2 Å². The summed E-state index contributed by atoms with van der Waals surface area (Å²) >= 11 is 0. The number of hydrogen-bond acceptors (Lipinski definition) is 4. The number of carbonyl (C=O) groups is 3. The Hall–Kier alpha value is -2.41. The first kappa shape index (κ1) is 19.9. The fourth-order valence-corrected chi connectivity index (χ4v) is 2.91. The number of rotatable bonds is 5. The number of carbonyl (C=O) groups excluding carboxylic acids is 2. The Kier molecular flexibility index (Phi) is 6.37. The van der Waals surface area contributed by atoms with Gasteiger partial charge in [0, 0.05) is 12.1 Å². The topological polar surface area (TPSA) is 95.9 Å². The average molecular weight is 362 g/mol. The maximum atomic E-state index is 12.9. The third kappa shape index (κ3) is 4.82. The molecule has 2 N–H and O–H groups in total. The second kappa shape index (κ2) is 8.31. The summed E-state index contributed by atoms with van der Waals surface area (Å²) in [6, 6.07) is 6.36. The quantitative estimate of drug-likeness (QED) is 0.826. The van der Waals surface area contributed by atoms with E-state index in [1.807, 2.05) is 32.9 Å². The molecule has 7 nitrogen and oxygen atoms in total. The van der Waals surface area contributed by atoms with Crippen LogP contribution in [0.15, 0.2) is 24.3 Å². The SMILES string of the molecule is Cc1ccc(C(=O)NC(C(=O)N2CC(C(=O)O)O[C@H](C)C2)C(C)C)cc1. The summed E-state index contributed by atoms with van der Waals surface area (Å²) in [6.07, 6.45) is -1.43. The summed E-state index contributed by atoms with van der Waals surface area (Å²) in [5, 5.41) is 12.0. The molecule has 1 fully saturated rings. The van der Waals surface area contributed by atoms with E-state index >= 15 is 0 Å². The number of benzene rings is 1. The number of aliphatic carboxylic acids is 1. The highest BCUT2D eigenvalue weighted by molar-refractivity contribution is 5.97. The van der Waals surface area contributed by atoms with Gasteiger partial charge < -0.3 is 20.1 Å². The zero-order chi connectivity index (χ0) is 19.4. The van der Waals surface area contributed by atoms with Crippen LogP contribution in [-0.2, 0) is 14.3 Å². The number of hydrogen-bond donors (Lipinski definition) is 2. The number of ether oxygens (including phenoxy) is 1. The minimum Gasteiger partial charge on any atom is -0.479 e. The number of carboxylic acids is 1. The largest absolute Gasteiger partial charge is 0.479 e. The van der Waals surface area contributed by atoms with E-state index < -0.39 is 18.1 Å². The Balaban J connectivity index is 2.12. The minimum absolute atomic E-state index is 0.0257. The Labute approximate surface area is 153 Å². The first-order valence-corrected chi connectivity index (χ1v) is 8.73. The van der Waals surface area contributed by atoms with Gasteiger partial charge in [-0.05, 0) is 31.9 Å². The predicted octanol–water partition coefficient (Wildman–Crippen LogP) is 1.45. The highest BCUT2D eigenvalue weighted by atomic mass is 16.5. The molecular weight excluding hydrogens is 336 g/mol. The third-order valence-corrected chi connectivity index (χ3v) is 4.38. The molecule has 0 aromatic heterocycles. The van der Waals surface area contributed by atoms with Gasteiger partial charge in [-0.1, -0.05) is 31.5 Å². The van der Waals surface area contributed by atoms with Crippen molar-refractivity contribution in [3.05, 3.63) is 35.4 Å². The number of carboxylic acid groups (broad SMARTS) is 1. The van der Waals surface area contributed by atoms with E-state index in [0.29, 0.717) is 12.1 Å². The van der Waals surface area contributed by atoms with E-state index in [1.54, 1.807) is 19.1 Å². The summed E-state index contributed by atoms with van der Waals surface area (Å²) < 4.78 is 5.35. The van der Waals surface area contributed by atoms with Gasteiger partial charge in [0.1, 0.15) is 6.04 Å². The highest BCUT2D eigenvalue weighted by Crippen LogP contribution is 2.16. The van der Waals surface area contributed by atoms with Crippen molar-refractivity contribution in [2.45, 2.75) is 45.9 Å². The Bertz CT molecular complexity index is 671. The molecule has 0 bridgehead atoms. The van der Waals surface area contributed by atoms with Crippen LogP contribution in [0.25, 0.3) is 0 Å². The molecular formula is C19H26N2O5. The summed E-state index contributed by atoms with van der Waals surface area (Å²) in [7, 11) is 0. The summed E-state index contributed by atoms with van der Waals surface area (Å²) in [5.74, 6) is -1.85. The highest BCUT2D eigenvalue weighted by Gasteiger charge is 2.36. The van der Waals surface area contributed by atoms with Crippen molar-refractivity contribution in [2.24, 2.45) is 5.92 Å². The van der Waals surface area contributed by atoms with Crippen molar-refractivity contribution >= 4 is 17.8 Å². The number of amides is 2. The number of nitrogens with one attached hydrogen (secondary N) is 1. The molecule has 1 aliphatic heterocycles. The molecule has 142 valence electrons. The van der Waals surface area contributed by atoms with Gasteiger partial charge in [-0.25, -0.2) is 4.79 Å². The molecule has 26 heavy (non-hydrogen) atoms. The maximum absolute atomic E-state index is 12.9. The normalized spacial score (nSPS) is 21.3. The van der Waals surface area contributed by atoms with E-state index in [4.69, 9.17) is 4.74 Å². The third-order valence-electron chi connectivity index (χ3n) is 4.38. The van der Waals surface area contributed by atoms with Gasteiger partial charge in [0.2, 0.25) is 5.91 Å². The smallest absolute Gasteiger partial charge is 0.334 e. The fourth-order valence-electron chi connectivity index (χ4n) is 2.91. The monoisotopic (exact) mass is 362 g/mol. The van der Waals surface area contributed by atoms with Gasteiger partial charge in [-0.2, -0.15) is 0 Å². The Morgan fingerprint density at radius 1 is 1.19 bits per heavy atom. The second-order valence-corrected chi connectivity index (χ2v) is 7.08. The van der Waals surface area contributed by atoms with Gasteiger partial charge in [0.25, 0.3) is 5.91 Å². The molecule has 1 aliphatic rings. The average Bonchev–Trinajstić information content (AvgIpc) is 2.58. The standard InChI is InChI=1S/C19H26N2O5/c1-11(2)16(20-17(22)14-7-5-12(3)6-8-14)18(23)21-9-13(4)26-15(10-21)19(24)25/h5-8,11,13,15-16H,9-10H2,1-4H3,(H,20,22)(H,24,25)/t13-,15?,16?/m1/s1. The van der Waals surface area contributed by atoms with Crippen LogP contribution in [-0.4, -0.2) is 59.1 Å². The fraction of sp³-hybridized carbons (Fsp3) is 0.526. The molecule has 2 unspecified atom stereocenters. The lowest BCUT2D eigenvalue weighted by atomic mass is 10.0. The van der Waals surface area contributed by atoms with Gasteiger partial charge >= 0.3 is 5.97 Å². The molecule has 0 aliphatic carbocycles. The first-order valence-electron chi connectivity index (χ1n) is 8.73. The molecule has 2 amide bonds. The zero-order valence-electron chi connectivity index (χ0n) is 15.6. The van der Waals surface area contributed by atoms with Crippen LogP contribution in [0.5, 0.6) is 0 Å². The lowest BCUT2D eigenvalue weighted by molar-refractivity contribution is -0.167. The van der Waals surface area contributed by atoms with Crippen LogP contribution in [0.1, 0.15) is 36.7 Å². The van der Waals surface area contributed by atoms with Crippen LogP contribution in [0.3, 0.4) is 0 Å². The van der Waals surface area contributed by atoms with Gasteiger partial charge in [0.05, 0.1) is 12.6 Å². The molecule has 0 spiro atoms. The molecule has 7 heteroatoms. The van der Waals surface area contributed by atoms with Crippen molar-refractivity contribution in [1.29, 1.82) is 0 Å². The molecule has 1 saturated heterocycles. The molecule has 0 radical (unpaired) electrons. The van der Waals surface area contributed by atoms with E-state index in [-0.39, 0.29) is 30.4 Å². The summed E-state index contributed by atoms with van der Waals surface area (Å²) in [4.78, 5) is 38.1. The predicted molar refractivity (Wildman–Crippen MR) is 95.8 cm³/mol. The van der Waals surface area contributed by atoms with Crippen LogP contribution in [0.4, 0.5) is 0 Å². The molecule has 2 rings (SSSR count). The molecule has 1 aromatic carbocycles. The van der Waals surface area contributed by atoms with Gasteiger partial charge in [-0.15, -0.1) is 0 Å². The van der Waals surface area contributed by atoms with Crippen LogP contribution in [0.2, 0.25) is 0 Å².